The minimum absolute atomic E-state index is 0.188. The van der Waals surface area contributed by atoms with E-state index in [9.17, 15) is 0 Å². The molecule has 0 atom stereocenters. The van der Waals surface area contributed by atoms with E-state index < -0.39 is 0 Å². The molecule has 0 aromatic carbocycles. The van der Waals surface area contributed by atoms with E-state index in [2.05, 4.69) is 38.0 Å². The smallest absolute Gasteiger partial charge is 0.0981 e. The summed E-state index contributed by atoms with van der Waals surface area (Å²) in [5.41, 5.74) is 0.188. The first-order valence-electron chi connectivity index (χ1n) is 6.13. The van der Waals surface area contributed by atoms with E-state index in [1.807, 2.05) is 17.5 Å². The van der Waals surface area contributed by atoms with Crippen molar-refractivity contribution in [2.75, 3.05) is 0 Å². The van der Waals surface area contributed by atoms with Crippen LogP contribution in [0.3, 0.4) is 0 Å². The van der Waals surface area contributed by atoms with E-state index in [0.29, 0.717) is 0 Å². The number of hydrogen-bond donors (Lipinski definition) is 1. The molecule has 0 bridgehead atoms. The van der Waals surface area contributed by atoms with Crippen LogP contribution in [0.15, 0.2) is 6.20 Å². The van der Waals surface area contributed by atoms with E-state index in [-0.39, 0.29) is 5.41 Å². The lowest BCUT2D eigenvalue weighted by molar-refractivity contribution is 0.241. The highest BCUT2D eigenvalue weighted by molar-refractivity contribution is 7.11. The van der Waals surface area contributed by atoms with Crippen LogP contribution in [0.4, 0.5) is 0 Å². The van der Waals surface area contributed by atoms with Crippen LogP contribution in [-0.4, -0.2) is 11.0 Å². The topological polar surface area (TPSA) is 24.9 Å². The van der Waals surface area contributed by atoms with Crippen molar-refractivity contribution >= 4 is 11.3 Å². The minimum atomic E-state index is 0.188. The van der Waals surface area contributed by atoms with Crippen molar-refractivity contribution in [1.29, 1.82) is 0 Å². The van der Waals surface area contributed by atoms with Crippen LogP contribution >= 0.6 is 11.3 Å². The molecule has 1 saturated carbocycles. The normalized spacial score (nSPS) is 25.5. The zero-order valence-electron chi connectivity index (χ0n) is 10.7. The fraction of sp³-hybridized carbons (Fsp3) is 0.769. The predicted octanol–water partition coefficient (Wildman–Crippen LogP) is 3.33. The molecule has 1 heterocycles. The van der Waals surface area contributed by atoms with Crippen molar-refractivity contribution in [3.05, 3.63) is 16.1 Å². The van der Waals surface area contributed by atoms with Crippen molar-refractivity contribution in [2.45, 2.75) is 58.5 Å². The Morgan fingerprint density at radius 1 is 1.44 bits per heavy atom. The molecule has 0 aliphatic heterocycles. The molecule has 0 amide bonds. The molecule has 0 unspecified atom stereocenters. The predicted molar refractivity (Wildman–Crippen MR) is 69.8 cm³/mol. The van der Waals surface area contributed by atoms with Crippen LogP contribution in [0.2, 0.25) is 0 Å². The molecule has 2 nitrogen and oxygen atoms in total. The van der Waals surface area contributed by atoms with E-state index >= 15 is 0 Å². The second-order valence-electron chi connectivity index (χ2n) is 6.04. The van der Waals surface area contributed by atoms with Gasteiger partial charge in [-0.05, 0) is 18.8 Å². The van der Waals surface area contributed by atoms with E-state index in [4.69, 9.17) is 0 Å². The first-order chi connectivity index (χ1) is 7.45. The van der Waals surface area contributed by atoms with Crippen molar-refractivity contribution in [3.8, 4) is 0 Å². The number of thiazole rings is 1. The lowest BCUT2D eigenvalue weighted by Gasteiger charge is -2.33. The fourth-order valence-electron chi connectivity index (χ4n) is 2.05. The third kappa shape index (κ3) is 2.83. The van der Waals surface area contributed by atoms with Crippen LogP contribution < -0.4 is 5.32 Å². The number of hydrogen-bond acceptors (Lipinski definition) is 3. The molecule has 1 fully saturated rings. The van der Waals surface area contributed by atoms with Gasteiger partial charge in [-0.25, -0.2) is 4.98 Å². The quantitative estimate of drug-likeness (QED) is 0.873. The van der Waals surface area contributed by atoms with Gasteiger partial charge in [0.2, 0.25) is 0 Å². The second-order valence-corrected chi connectivity index (χ2v) is 7.15. The maximum Gasteiger partial charge on any atom is 0.0981 e. The molecule has 1 N–H and O–H groups in total. The molecule has 0 spiro atoms. The minimum Gasteiger partial charge on any atom is -0.309 e. The summed E-state index contributed by atoms with van der Waals surface area (Å²) in [5, 5.41) is 4.84. The Kier molecular flexibility index (Phi) is 3.36. The van der Waals surface area contributed by atoms with Crippen LogP contribution in [-0.2, 0) is 12.0 Å². The Bertz CT molecular complexity index is 345. The third-order valence-corrected chi connectivity index (χ3v) is 4.56. The van der Waals surface area contributed by atoms with E-state index in [0.717, 1.165) is 18.5 Å². The molecule has 1 aliphatic carbocycles. The number of rotatable bonds is 3. The Labute approximate surface area is 102 Å². The Balaban J connectivity index is 1.84. The highest BCUT2D eigenvalue weighted by atomic mass is 32.1. The summed E-state index contributed by atoms with van der Waals surface area (Å²) >= 11 is 1.84. The van der Waals surface area contributed by atoms with Gasteiger partial charge in [-0.15, -0.1) is 11.3 Å². The molecule has 0 radical (unpaired) electrons. The summed E-state index contributed by atoms with van der Waals surface area (Å²) in [6.45, 7) is 9.97. The molecule has 16 heavy (non-hydrogen) atoms. The van der Waals surface area contributed by atoms with Crippen LogP contribution in [0.25, 0.3) is 0 Å². The molecule has 1 aromatic heterocycles. The zero-order valence-corrected chi connectivity index (χ0v) is 11.5. The van der Waals surface area contributed by atoms with Gasteiger partial charge in [0.1, 0.15) is 0 Å². The average molecular weight is 238 g/mol. The fourth-order valence-corrected chi connectivity index (χ4v) is 2.97. The van der Waals surface area contributed by atoms with Gasteiger partial charge in [0.25, 0.3) is 0 Å². The lowest BCUT2D eigenvalue weighted by Crippen LogP contribution is -2.39. The lowest BCUT2D eigenvalue weighted by atomic mass is 9.82. The molecular formula is C13H22N2S. The van der Waals surface area contributed by atoms with Crippen molar-refractivity contribution < 1.29 is 0 Å². The van der Waals surface area contributed by atoms with Gasteiger partial charge in [0, 0.05) is 29.1 Å². The summed E-state index contributed by atoms with van der Waals surface area (Å²) in [4.78, 5) is 5.87. The molecule has 1 aromatic rings. The zero-order chi connectivity index (χ0) is 11.8. The summed E-state index contributed by atoms with van der Waals surface area (Å²) < 4.78 is 0. The Morgan fingerprint density at radius 2 is 2.12 bits per heavy atom. The monoisotopic (exact) mass is 238 g/mol. The average Bonchev–Trinajstić information content (AvgIpc) is 2.58. The first kappa shape index (κ1) is 12.1. The van der Waals surface area contributed by atoms with Crippen LogP contribution in [0.1, 0.15) is 50.4 Å². The second kappa shape index (κ2) is 4.46. The number of aromatic nitrogens is 1. The molecule has 3 heteroatoms. The maximum atomic E-state index is 4.50. The molecule has 90 valence electrons. The summed E-state index contributed by atoms with van der Waals surface area (Å²) in [6.07, 6.45) is 4.70. The van der Waals surface area contributed by atoms with Gasteiger partial charge in [-0.1, -0.05) is 27.7 Å². The standard InChI is InChI=1S/C13H22N2S/c1-9-5-10(6-9)14-7-11-8-15-12(16-11)13(2,3)4/h8-10,14H,5-7H2,1-4H3. The largest absolute Gasteiger partial charge is 0.309 e. The van der Waals surface area contributed by atoms with Crippen LogP contribution in [0, 0.1) is 5.92 Å². The summed E-state index contributed by atoms with van der Waals surface area (Å²) in [5.74, 6) is 0.920. The molecule has 1 aliphatic rings. The van der Waals surface area contributed by atoms with Gasteiger partial charge < -0.3 is 5.32 Å². The number of nitrogens with zero attached hydrogens (tertiary/aromatic N) is 1. The van der Waals surface area contributed by atoms with Gasteiger partial charge in [0.05, 0.1) is 5.01 Å². The maximum absolute atomic E-state index is 4.50. The Morgan fingerprint density at radius 3 is 2.62 bits per heavy atom. The highest BCUT2D eigenvalue weighted by Gasteiger charge is 2.25. The van der Waals surface area contributed by atoms with E-state index in [1.165, 1.54) is 22.7 Å². The SMILES string of the molecule is CC1CC(NCc2cnc(C(C)(C)C)s2)C1. The van der Waals surface area contributed by atoms with Crippen molar-refractivity contribution in [1.82, 2.24) is 10.3 Å². The summed E-state index contributed by atoms with van der Waals surface area (Å²) in [7, 11) is 0. The van der Waals surface area contributed by atoms with Gasteiger partial charge in [0.15, 0.2) is 0 Å². The summed E-state index contributed by atoms with van der Waals surface area (Å²) in [6, 6.07) is 0.746. The van der Waals surface area contributed by atoms with Gasteiger partial charge in [-0.3, -0.25) is 0 Å². The van der Waals surface area contributed by atoms with Crippen molar-refractivity contribution in [3.63, 3.8) is 0 Å². The molecular weight excluding hydrogens is 216 g/mol. The molecule has 2 rings (SSSR count). The first-order valence-corrected chi connectivity index (χ1v) is 6.95. The van der Waals surface area contributed by atoms with Crippen molar-refractivity contribution in [2.24, 2.45) is 5.92 Å². The Hall–Kier alpha value is -0.410. The number of nitrogens with one attached hydrogen (secondary N) is 1. The molecule has 0 saturated heterocycles. The van der Waals surface area contributed by atoms with Crippen LogP contribution in [0.5, 0.6) is 0 Å². The third-order valence-electron chi connectivity index (χ3n) is 3.13. The van der Waals surface area contributed by atoms with E-state index in [1.54, 1.807) is 0 Å². The van der Waals surface area contributed by atoms with Gasteiger partial charge in [-0.2, -0.15) is 0 Å². The van der Waals surface area contributed by atoms with Gasteiger partial charge >= 0.3 is 0 Å². The highest BCUT2D eigenvalue weighted by Crippen LogP contribution is 2.29.